The van der Waals surface area contributed by atoms with E-state index >= 15 is 0 Å². The summed E-state index contributed by atoms with van der Waals surface area (Å²) in [7, 11) is 3.25. The highest BCUT2D eigenvalue weighted by Crippen LogP contribution is 2.33. The van der Waals surface area contributed by atoms with E-state index in [1.807, 2.05) is 53.4 Å². The minimum absolute atomic E-state index is 0.00582. The van der Waals surface area contributed by atoms with Crippen LogP contribution in [0.25, 0.3) is 0 Å². The van der Waals surface area contributed by atoms with Gasteiger partial charge in [0.05, 0.1) is 20.1 Å². The van der Waals surface area contributed by atoms with Gasteiger partial charge < -0.3 is 19.3 Å². The molecule has 29 heavy (non-hydrogen) atoms. The van der Waals surface area contributed by atoms with Crippen molar-refractivity contribution in [1.29, 1.82) is 0 Å². The summed E-state index contributed by atoms with van der Waals surface area (Å²) in [5.41, 5.74) is 1.88. The molecule has 0 N–H and O–H groups in total. The maximum Gasteiger partial charge on any atom is 0.228 e. The molecule has 6 heteroatoms. The lowest BCUT2D eigenvalue weighted by atomic mass is 10.1. The molecule has 6 nitrogen and oxygen atoms in total. The van der Waals surface area contributed by atoms with E-state index in [2.05, 4.69) is 0 Å². The van der Waals surface area contributed by atoms with Crippen molar-refractivity contribution in [2.75, 3.05) is 25.7 Å². The average Bonchev–Trinajstić information content (AvgIpc) is 3.53. The van der Waals surface area contributed by atoms with Gasteiger partial charge in [-0.15, -0.1) is 0 Å². The molecular formula is C23H26N2O4. The van der Waals surface area contributed by atoms with Crippen LogP contribution in [-0.2, 0) is 16.1 Å². The van der Waals surface area contributed by atoms with Gasteiger partial charge in [-0.1, -0.05) is 12.1 Å². The van der Waals surface area contributed by atoms with Crippen molar-refractivity contribution < 1.29 is 19.1 Å². The molecule has 0 bridgehead atoms. The number of anilines is 1. The highest BCUT2D eigenvalue weighted by Gasteiger charge is 2.41. The van der Waals surface area contributed by atoms with E-state index in [0.717, 1.165) is 35.6 Å². The molecule has 1 heterocycles. The van der Waals surface area contributed by atoms with Gasteiger partial charge in [0.1, 0.15) is 11.5 Å². The Balaban J connectivity index is 1.45. The number of carbonyl (C=O) groups excluding carboxylic acids is 2. The molecule has 152 valence electrons. The summed E-state index contributed by atoms with van der Waals surface area (Å²) >= 11 is 0. The maximum absolute atomic E-state index is 13.3. The Bertz CT molecular complexity index is 875. The zero-order chi connectivity index (χ0) is 20.4. The smallest absolute Gasteiger partial charge is 0.228 e. The number of hydrogen-bond acceptors (Lipinski definition) is 4. The third kappa shape index (κ3) is 4.21. The number of benzene rings is 2. The summed E-state index contributed by atoms with van der Waals surface area (Å²) in [5.74, 6) is 1.31. The lowest BCUT2D eigenvalue weighted by Gasteiger charge is -2.26. The normalized spacial score (nSPS) is 18.6. The number of hydrogen-bond donors (Lipinski definition) is 0. The Morgan fingerprint density at radius 2 is 1.59 bits per heavy atom. The second kappa shape index (κ2) is 8.15. The summed E-state index contributed by atoms with van der Waals surface area (Å²) in [6, 6.07) is 15.5. The van der Waals surface area contributed by atoms with E-state index in [9.17, 15) is 9.59 Å². The quantitative estimate of drug-likeness (QED) is 0.723. The number of carbonyl (C=O) groups is 2. The summed E-state index contributed by atoms with van der Waals surface area (Å²) in [4.78, 5) is 29.5. The standard InChI is InChI=1S/C23H26N2O4/c1-28-20-9-3-16(4-10-20)14-25(19-5-6-19)23(27)17-13-22(26)24(15-17)18-7-11-21(29-2)12-8-18/h3-4,7-12,17,19H,5-6,13-15H2,1-2H3. The van der Waals surface area contributed by atoms with Crippen molar-refractivity contribution in [3.63, 3.8) is 0 Å². The lowest BCUT2D eigenvalue weighted by molar-refractivity contribution is -0.137. The molecule has 1 aliphatic carbocycles. The molecule has 2 aromatic carbocycles. The van der Waals surface area contributed by atoms with Crippen LogP contribution < -0.4 is 14.4 Å². The van der Waals surface area contributed by atoms with Crippen molar-refractivity contribution in [1.82, 2.24) is 4.90 Å². The average molecular weight is 394 g/mol. The second-order valence-electron chi connectivity index (χ2n) is 7.65. The second-order valence-corrected chi connectivity index (χ2v) is 7.65. The first-order valence-corrected chi connectivity index (χ1v) is 9.97. The zero-order valence-electron chi connectivity index (χ0n) is 16.8. The summed E-state index contributed by atoms with van der Waals surface area (Å²) < 4.78 is 10.4. The van der Waals surface area contributed by atoms with Gasteiger partial charge >= 0.3 is 0 Å². The number of methoxy groups -OCH3 is 2. The fraction of sp³-hybridized carbons (Fsp3) is 0.391. The summed E-state index contributed by atoms with van der Waals surface area (Å²) in [6.07, 6.45) is 2.33. The van der Waals surface area contributed by atoms with E-state index in [1.54, 1.807) is 19.1 Å². The van der Waals surface area contributed by atoms with Crippen LogP contribution in [0.2, 0.25) is 0 Å². The predicted octanol–water partition coefficient (Wildman–Crippen LogP) is 3.25. The van der Waals surface area contributed by atoms with Crippen molar-refractivity contribution in [2.45, 2.75) is 31.8 Å². The Labute approximate surface area is 171 Å². The topological polar surface area (TPSA) is 59.1 Å². The van der Waals surface area contributed by atoms with E-state index in [-0.39, 0.29) is 30.2 Å². The molecule has 0 aromatic heterocycles. The molecule has 1 atom stereocenters. The molecule has 2 amide bonds. The van der Waals surface area contributed by atoms with Crippen LogP contribution in [-0.4, -0.2) is 43.5 Å². The first kappa shape index (κ1) is 19.3. The molecule has 4 rings (SSSR count). The largest absolute Gasteiger partial charge is 0.497 e. The Morgan fingerprint density at radius 1 is 1.00 bits per heavy atom. The molecule has 2 fully saturated rings. The fourth-order valence-electron chi connectivity index (χ4n) is 3.82. The molecule has 2 aliphatic rings. The first-order valence-electron chi connectivity index (χ1n) is 9.97. The highest BCUT2D eigenvalue weighted by molar-refractivity contribution is 6.00. The van der Waals surface area contributed by atoms with Gasteiger partial charge in [0, 0.05) is 31.2 Å². The van der Waals surface area contributed by atoms with E-state index < -0.39 is 0 Å². The van der Waals surface area contributed by atoms with Crippen LogP contribution >= 0.6 is 0 Å². The first-order chi connectivity index (χ1) is 14.1. The van der Waals surface area contributed by atoms with Crippen LogP contribution in [0.3, 0.4) is 0 Å². The molecule has 1 saturated heterocycles. The third-order valence-corrected chi connectivity index (χ3v) is 5.64. The molecule has 0 spiro atoms. The molecule has 1 saturated carbocycles. The van der Waals surface area contributed by atoms with Crippen LogP contribution in [0, 0.1) is 5.92 Å². The van der Waals surface area contributed by atoms with Gasteiger partial charge in [0.15, 0.2) is 0 Å². The molecule has 2 aromatic rings. The summed E-state index contributed by atoms with van der Waals surface area (Å²) in [6.45, 7) is 0.997. The molecule has 0 radical (unpaired) electrons. The molecule has 1 unspecified atom stereocenters. The zero-order valence-corrected chi connectivity index (χ0v) is 16.8. The van der Waals surface area contributed by atoms with Crippen molar-refractivity contribution in [3.05, 3.63) is 54.1 Å². The van der Waals surface area contributed by atoms with E-state index in [4.69, 9.17) is 9.47 Å². The van der Waals surface area contributed by atoms with E-state index in [1.165, 1.54) is 0 Å². The number of ether oxygens (including phenoxy) is 2. The van der Waals surface area contributed by atoms with Gasteiger partial charge in [-0.05, 0) is 54.8 Å². The van der Waals surface area contributed by atoms with Gasteiger partial charge in [-0.3, -0.25) is 9.59 Å². The monoisotopic (exact) mass is 394 g/mol. The third-order valence-electron chi connectivity index (χ3n) is 5.64. The van der Waals surface area contributed by atoms with Gasteiger partial charge in [0.25, 0.3) is 0 Å². The minimum atomic E-state index is -0.302. The van der Waals surface area contributed by atoms with Crippen LogP contribution in [0.15, 0.2) is 48.5 Å². The number of rotatable bonds is 7. The van der Waals surface area contributed by atoms with Crippen LogP contribution in [0.5, 0.6) is 11.5 Å². The lowest BCUT2D eigenvalue weighted by Crippen LogP contribution is -2.38. The maximum atomic E-state index is 13.3. The molecular weight excluding hydrogens is 368 g/mol. The van der Waals surface area contributed by atoms with E-state index in [0.29, 0.717) is 13.1 Å². The van der Waals surface area contributed by atoms with Crippen LogP contribution in [0.4, 0.5) is 5.69 Å². The number of nitrogens with zero attached hydrogens (tertiary/aromatic N) is 2. The van der Waals surface area contributed by atoms with Crippen LogP contribution in [0.1, 0.15) is 24.8 Å². The summed E-state index contributed by atoms with van der Waals surface area (Å²) in [5, 5.41) is 0. The Morgan fingerprint density at radius 3 is 2.14 bits per heavy atom. The highest BCUT2D eigenvalue weighted by atomic mass is 16.5. The molecule has 1 aliphatic heterocycles. The SMILES string of the molecule is COc1ccc(CN(C(=O)C2CC(=O)N(c3ccc(OC)cc3)C2)C2CC2)cc1. The van der Waals surface area contributed by atoms with Gasteiger partial charge in [0.2, 0.25) is 11.8 Å². The van der Waals surface area contributed by atoms with Gasteiger partial charge in [-0.2, -0.15) is 0 Å². The van der Waals surface area contributed by atoms with Crippen molar-refractivity contribution in [3.8, 4) is 11.5 Å². The Kier molecular flexibility index (Phi) is 5.43. The minimum Gasteiger partial charge on any atom is -0.497 e. The van der Waals surface area contributed by atoms with Gasteiger partial charge in [-0.25, -0.2) is 0 Å². The number of amides is 2. The fourth-order valence-corrected chi connectivity index (χ4v) is 3.82. The Hall–Kier alpha value is -3.02. The predicted molar refractivity (Wildman–Crippen MR) is 110 cm³/mol. The van der Waals surface area contributed by atoms with Crippen molar-refractivity contribution in [2.24, 2.45) is 5.92 Å². The van der Waals surface area contributed by atoms with Crippen molar-refractivity contribution >= 4 is 17.5 Å².